The van der Waals surface area contributed by atoms with Crippen molar-refractivity contribution in [1.29, 1.82) is 0 Å². The molecule has 0 aliphatic carbocycles. The number of aromatic nitrogens is 1. The van der Waals surface area contributed by atoms with Gasteiger partial charge in [0.1, 0.15) is 0 Å². The molecular weight excluding hydrogens is 260 g/mol. The van der Waals surface area contributed by atoms with Gasteiger partial charge in [-0.05, 0) is 18.6 Å². The van der Waals surface area contributed by atoms with Gasteiger partial charge in [0.05, 0.1) is 12.9 Å². The van der Waals surface area contributed by atoms with Crippen LogP contribution in [0.25, 0.3) is 0 Å². The molecule has 0 aliphatic rings. The molecule has 0 spiro atoms. The van der Waals surface area contributed by atoms with E-state index in [-0.39, 0.29) is 11.5 Å². The van der Waals surface area contributed by atoms with Gasteiger partial charge >= 0.3 is 0 Å². The van der Waals surface area contributed by atoms with Gasteiger partial charge in [0.25, 0.3) is 0 Å². The molecule has 0 fully saturated rings. The summed E-state index contributed by atoms with van der Waals surface area (Å²) in [6, 6.07) is 0. The van der Waals surface area contributed by atoms with Gasteiger partial charge < -0.3 is 9.64 Å². The molecule has 0 bridgehead atoms. The van der Waals surface area contributed by atoms with E-state index in [1.54, 1.807) is 14.0 Å². The van der Waals surface area contributed by atoms with Crippen molar-refractivity contribution in [3.05, 3.63) is 10.9 Å². The van der Waals surface area contributed by atoms with Crippen LogP contribution in [0.15, 0.2) is 5.38 Å². The van der Waals surface area contributed by atoms with Crippen molar-refractivity contribution in [3.8, 4) is 5.88 Å². The van der Waals surface area contributed by atoms with Crippen molar-refractivity contribution in [2.45, 2.75) is 13.5 Å². The fourth-order valence-corrected chi connectivity index (χ4v) is 2.85. The molecule has 1 aromatic heterocycles. The predicted molar refractivity (Wildman–Crippen MR) is 69.3 cm³/mol. The van der Waals surface area contributed by atoms with Crippen molar-refractivity contribution in [3.63, 3.8) is 0 Å². The van der Waals surface area contributed by atoms with E-state index in [1.165, 1.54) is 11.5 Å². The largest absolute Gasteiger partial charge is 0.480 e. The lowest BCUT2D eigenvalue weighted by Crippen LogP contribution is -2.26. The highest BCUT2D eigenvalue weighted by molar-refractivity contribution is 7.91. The van der Waals surface area contributed by atoms with E-state index in [1.807, 2.05) is 17.3 Å². The molecule has 1 rings (SSSR count). The molecule has 98 valence electrons. The average molecular weight is 278 g/mol. The number of rotatable bonds is 7. The second-order valence-corrected chi connectivity index (χ2v) is 6.93. The molecule has 0 amide bonds. The van der Waals surface area contributed by atoms with Crippen LogP contribution >= 0.6 is 11.5 Å². The third-order valence-electron chi connectivity index (χ3n) is 2.46. The Morgan fingerprint density at radius 3 is 2.82 bits per heavy atom. The van der Waals surface area contributed by atoms with E-state index in [4.69, 9.17) is 4.74 Å². The second kappa shape index (κ2) is 6.32. The topological polar surface area (TPSA) is 59.5 Å². The molecule has 5 nitrogen and oxygen atoms in total. The van der Waals surface area contributed by atoms with Crippen LogP contribution in [-0.4, -0.2) is 49.9 Å². The maximum atomic E-state index is 11.4. The molecule has 1 heterocycles. The Kier molecular flexibility index (Phi) is 5.35. The van der Waals surface area contributed by atoms with Crippen LogP contribution in [0.1, 0.15) is 12.5 Å². The lowest BCUT2D eigenvalue weighted by molar-refractivity contribution is 0.331. The van der Waals surface area contributed by atoms with E-state index >= 15 is 0 Å². The number of ether oxygens (including phenoxy) is 1. The zero-order chi connectivity index (χ0) is 12.9. The minimum Gasteiger partial charge on any atom is -0.480 e. The molecule has 0 saturated carbocycles. The molecule has 0 atom stereocenters. The number of methoxy groups -OCH3 is 1. The molecule has 0 aliphatic heterocycles. The smallest absolute Gasteiger partial charge is 0.229 e. The number of hydrogen-bond donors (Lipinski definition) is 0. The first-order valence-corrected chi connectivity index (χ1v) is 8.00. The van der Waals surface area contributed by atoms with Crippen LogP contribution in [0, 0.1) is 0 Å². The second-order valence-electron chi connectivity index (χ2n) is 3.82. The standard InChI is InChI=1S/C10H18N2O3S2/c1-4-17(13,14)6-5-12(2)7-9-8-16-11-10(9)15-3/h8H,4-7H2,1-3H3. The lowest BCUT2D eigenvalue weighted by Gasteiger charge is -2.15. The molecule has 0 aromatic carbocycles. The summed E-state index contributed by atoms with van der Waals surface area (Å²) in [6.07, 6.45) is 0. The van der Waals surface area contributed by atoms with Crippen LogP contribution in [0.2, 0.25) is 0 Å². The summed E-state index contributed by atoms with van der Waals surface area (Å²) in [5.41, 5.74) is 0.994. The summed E-state index contributed by atoms with van der Waals surface area (Å²) in [7, 11) is 0.579. The molecule has 0 unspecified atom stereocenters. The van der Waals surface area contributed by atoms with Crippen LogP contribution in [0.5, 0.6) is 5.88 Å². The van der Waals surface area contributed by atoms with E-state index in [0.717, 1.165) is 5.56 Å². The third kappa shape index (κ3) is 4.61. The van der Waals surface area contributed by atoms with Gasteiger partial charge in [-0.1, -0.05) is 6.92 Å². The van der Waals surface area contributed by atoms with Gasteiger partial charge in [0.2, 0.25) is 5.88 Å². The van der Waals surface area contributed by atoms with Gasteiger partial charge in [-0.25, -0.2) is 8.42 Å². The molecule has 17 heavy (non-hydrogen) atoms. The van der Waals surface area contributed by atoms with Gasteiger partial charge in [-0.3, -0.25) is 0 Å². The molecule has 7 heteroatoms. The molecule has 0 saturated heterocycles. The van der Waals surface area contributed by atoms with E-state index in [0.29, 0.717) is 19.0 Å². The van der Waals surface area contributed by atoms with Gasteiger partial charge in [0, 0.05) is 29.8 Å². The van der Waals surface area contributed by atoms with Crippen molar-refractivity contribution in [2.24, 2.45) is 0 Å². The summed E-state index contributed by atoms with van der Waals surface area (Å²) in [4.78, 5) is 1.96. The maximum absolute atomic E-state index is 11.4. The summed E-state index contributed by atoms with van der Waals surface area (Å²) in [5.74, 6) is 1.02. The Hall–Kier alpha value is -0.660. The highest BCUT2D eigenvalue weighted by Gasteiger charge is 2.12. The highest BCUT2D eigenvalue weighted by atomic mass is 32.2. The molecule has 0 N–H and O–H groups in total. The lowest BCUT2D eigenvalue weighted by atomic mass is 10.3. The van der Waals surface area contributed by atoms with Gasteiger partial charge in [-0.2, -0.15) is 4.37 Å². The number of sulfone groups is 1. The first kappa shape index (κ1) is 14.4. The zero-order valence-electron chi connectivity index (χ0n) is 10.3. The normalized spacial score (nSPS) is 12.0. The zero-order valence-corrected chi connectivity index (χ0v) is 12.0. The maximum Gasteiger partial charge on any atom is 0.229 e. The summed E-state index contributed by atoms with van der Waals surface area (Å²) >= 11 is 1.34. The first-order valence-electron chi connectivity index (χ1n) is 5.34. The van der Waals surface area contributed by atoms with E-state index in [2.05, 4.69) is 4.37 Å². The third-order valence-corrected chi connectivity index (χ3v) is 4.81. The minimum absolute atomic E-state index is 0.194. The Morgan fingerprint density at radius 2 is 2.24 bits per heavy atom. The van der Waals surface area contributed by atoms with Crippen molar-refractivity contribution >= 4 is 21.4 Å². The van der Waals surface area contributed by atoms with Crippen LogP contribution in [-0.2, 0) is 16.4 Å². The monoisotopic (exact) mass is 278 g/mol. The van der Waals surface area contributed by atoms with E-state index in [9.17, 15) is 8.42 Å². The predicted octanol–water partition coefficient (Wildman–Crippen LogP) is 1.02. The van der Waals surface area contributed by atoms with E-state index < -0.39 is 9.84 Å². The van der Waals surface area contributed by atoms with Gasteiger partial charge in [0.15, 0.2) is 9.84 Å². The van der Waals surface area contributed by atoms with Crippen molar-refractivity contribution in [1.82, 2.24) is 9.27 Å². The molecular formula is C10H18N2O3S2. The van der Waals surface area contributed by atoms with Gasteiger partial charge in [-0.15, -0.1) is 0 Å². The van der Waals surface area contributed by atoms with Crippen molar-refractivity contribution < 1.29 is 13.2 Å². The Bertz CT molecular complexity index is 442. The fourth-order valence-electron chi connectivity index (χ4n) is 1.33. The number of nitrogens with zero attached hydrogens (tertiary/aromatic N) is 2. The fraction of sp³-hybridized carbons (Fsp3) is 0.700. The summed E-state index contributed by atoms with van der Waals surface area (Å²) in [6.45, 7) is 2.84. The quantitative estimate of drug-likeness (QED) is 0.745. The Balaban J connectivity index is 2.48. The van der Waals surface area contributed by atoms with Crippen LogP contribution < -0.4 is 4.74 Å². The minimum atomic E-state index is -2.90. The van der Waals surface area contributed by atoms with Crippen LogP contribution in [0.4, 0.5) is 0 Å². The van der Waals surface area contributed by atoms with Crippen molar-refractivity contribution in [2.75, 3.05) is 32.2 Å². The Labute approximate surface area is 106 Å². The first-order chi connectivity index (χ1) is 7.98. The molecule has 1 aromatic rings. The highest BCUT2D eigenvalue weighted by Crippen LogP contribution is 2.19. The molecule has 0 radical (unpaired) electrons. The average Bonchev–Trinajstić information content (AvgIpc) is 2.74. The SMILES string of the molecule is CCS(=O)(=O)CCN(C)Cc1csnc1OC. The Morgan fingerprint density at radius 1 is 1.53 bits per heavy atom. The number of hydrogen-bond acceptors (Lipinski definition) is 6. The summed E-state index contributed by atoms with van der Waals surface area (Å²) in [5, 5.41) is 1.92. The summed E-state index contributed by atoms with van der Waals surface area (Å²) < 4.78 is 31.9. The van der Waals surface area contributed by atoms with Crippen LogP contribution in [0.3, 0.4) is 0 Å².